The number of hydrogen-bond donors (Lipinski definition) is 2. The van der Waals surface area contributed by atoms with Gasteiger partial charge in [0.25, 0.3) is 5.69 Å². The summed E-state index contributed by atoms with van der Waals surface area (Å²) in [5.41, 5.74) is 4.33. The molecular formula is C22H14ClN5O2. The molecule has 8 heteroatoms. The second-order valence-corrected chi connectivity index (χ2v) is 7.12. The highest BCUT2D eigenvalue weighted by Gasteiger charge is 2.26. The van der Waals surface area contributed by atoms with Crippen LogP contribution in [-0.4, -0.2) is 20.8 Å². The number of benzene rings is 3. The second kappa shape index (κ2) is 7.13. The van der Waals surface area contributed by atoms with E-state index in [-0.39, 0.29) is 5.69 Å². The van der Waals surface area contributed by atoms with E-state index >= 15 is 0 Å². The molecule has 0 spiro atoms. The normalized spacial score (nSPS) is 13.1. The molecule has 0 saturated carbocycles. The number of H-pyrrole nitrogens is 1. The van der Waals surface area contributed by atoms with Crippen LogP contribution in [0, 0.1) is 10.1 Å². The quantitative estimate of drug-likeness (QED) is 0.346. The topological polar surface area (TPSA) is 96.2 Å². The third-order valence-electron chi connectivity index (χ3n) is 4.95. The summed E-state index contributed by atoms with van der Waals surface area (Å²) in [6, 6.07) is 18.5. The minimum absolute atomic E-state index is 0.0778. The number of fused-ring (bicyclic) bond motifs is 3. The molecule has 0 atom stereocenters. The van der Waals surface area contributed by atoms with Crippen molar-refractivity contribution in [3.05, 3.63) is 105 Å². The lowest BCUT2D eigenvalue weighted by Gasteiger charge is -2.13. The molecule has 7 nitrogen and oxygen atoms in total. The minimum Gasteiger partial charge on any atom is -0.359 e. The summed E-state index contributed by atoms with van der Waals surface area (Å²) in [5.74, 6) is 0. The SMILES string of the molecule is O=[N+]([O-])c1cc2c(c3cn[nH]c13)NC=C(c1ccccc1)N=C2c1ccccc1Cl. The van der Waals surface area contributed by atoms with Gasteiger partial charge in [-0.1, -0.05) is 60.1 Å². The number of nitrogens with zero attached hydrogens (tertiary/aromatic N) is 3. The molecule has 2 N–H and O–H groups in total. The van der Waals surface area contributed by atoms with Crippen LogP contribution in [0.3, 0.4) is 0 Å². The van der Waals surface area contributed by atoms with Crippen molar-refractivity contribution in [1.82, 2.24) is 10.2 Å². The van der Waals surface area contributed by atoms with Gasteiger partial charge in [0, 0.05) is 34.0 Å². The van der Waals surface area contributed by atoms with Gasteiger partial charge in [-0.25, -0.2) is 4.99 Å². The molecule has 0 fully saturated rings. The smallest absolute Gasteiger partial charge is 0.295 e. The van der Waals surface area contributed by atoms with Gasteiger partial charge >= 0.3 is 0 Å². The van der Waals surface area contributed by atoms with Crippen molar-refractivity contribution in [2.24, 2.45) is 4.99 Å². The fourth-order valence-electron chi connectivity index (χ4n) is 3.55. The van der Waals surface area contributed by atoms with Crippen LogP contribution in [-0.2, 0) is 0 Å². The van der Waals surface area contributed by atoms with Gasteiger partial charge in [0.1, 0.15) is 5.52 Å². The highest BCUT2D eigenvalue weighted by atomic mass is 35.5. The molecule has 4 aromatic rings. The second-order valence-electron chi connectivity index (χ2n) is 6.71. The van der Waals surface area contributed by atoms with E-state index < -0.39 is 4.92 Å². The lowest BCUT2D eigenvalue weighted by atomic mass is 9.97. The Balaban J connectivity index is 1.84. The molecule has 3 aromatic carbocycles. The Bertz CT molecular complexity index is 1360. The Morgan fingerprint density at radius 1 is 1.00 bits per heavy atom. The first-order valence-electron chi connectivity index (χ1n) is 9.14. The number of non-ortho nitro benzene ring substituents is 1. The Morgan fingerprint density at radius 3 is 2.53 bits per heavy atom. The van der Waals surface area contributed by atoms with Gasteiger partial charge in [-0.3, -0.25) is 15.2 Å². The van der Waals surface area contributed by atoms with E-state index in [1.54, 1.807) is 18.5 Å². The zero-order valence-corrected chi connectivity index (χ0v) is 16.2. The Hall–Kier alpha value is -3.97. The van der Waals surface area contributed by atoms with Crippen molar-refractivity contribution < 1.29 is 4.92 Å². The van der Waals surface area contributed by atoms with E-state index in [4.69, 9.17) is 16.6 Å². The van der Waals surface area contributed by atoms with Crippen LogP contribution in [0.2, 0.25) is 5.02 Å². The zero-order chi connectivity index (χ0) is 20.7. The summed E-state index contributed by atoms with van der Waals surface area (Å²) in [4.78, 5) is 16.2. The molecule has 0 radical (unpaired) electrons. The number of rotatable bonds is 3. The van der Waals surface area contributed by atoms with Crippen molar-refractivity contribution in [1.29, 1.82) is 0 Å². The fraction of sp³-hybridized carbons (Fsp3) is 0. The van der Waals surface area contributed by atoms with E-state index in [1.807, 2.05) is 48.5 Å². The van der Waals surface area contributed by atoms with Crippen LogP contribution in [0.15, 0.2) is 78.1 Å². The van der Waals surface area contributed by atoms with Gasteiger partial charge in [-0.15, -0.1) is 0 Å². The van der Waals surface area contributed by atoms with Crippen molar-refractivity contribution in [2.45, 2.75) is 0 Å². The van der Waals surface area contributed by atoms with Crippen LogP contribution < -0.4 is 5.32 Å². The first-order chi connectivity index (χ1) is 14.6. The fourth-order valence-corrected chi connectivity index (χ4v) is 3.78. The first-order valence-corrected chi connectivity index (χ1v) is 9.52. The molecular weight excluding hydrogens is 402 g/mol. The molecule has 0 amide bonds. The monoisotopic (exact) mass is 415 g/mol. The maximum atomic E-state index is 11.7. The number of nitro groups is 1. The first kappa shape index (κ1) is 18.1. The number of hydrogen-bond acceptors (Lipinski definition) is 5. The van der Waals surface area contributed by atoms with Crippen molar-refractivity contribution in [3.8, 4) is 0 Å². The lowest BCUT2D eigenvalue weighted by Crippen LogP contribution is -2.07. The van der Waals surface area contributed by atoms with E-state index in [0.717, 1.165) is 5.56 Å². The summed E-state index contributed by atoms with van der Waals surface area (Å²) in [6.07, 6.45) is 3.36. The van der Waals surface area contributed by atoms with Crippen molar-refractivity contribution >= 4 is 45.3 Å². The zero-order valence-electron chi connectivity index (χ0n) is 15.5. The third kappa shape index (κ3) is 2.92. The maximum Gasteiger partial charge on any atom is 0.295 e. The number of aliphatic imine (C=N–C) groups is 1. The summed E-state index contributed by atoms with van der Waals surface area (Å²) in [6.45, 7) is 0. The van der Waals surface area contributed by atoms with Gasteiger partial charge in [0.05, 0.1) is 33.6 Å². The molecule has 2 heterocycles. The van der Waals surface area contributed by atoms with Gasteiger partial charge in [-0.2, -0.15) is 5.10 Å². The number of nitro benzene ring substituents is 1. The molecule has 0 bridgehead atoms. The van der Waals surface area contributed by atoms with E-state index in [1.165, 1.54) is 6.07 Å². The largest absolute Gasteiger partial charge is 0.359 e. The Morgan fingerprint density at radius 2 is 1.77 bits per heavy atom. The van der Waals surface area contributed by atoms with E-state index in [2.05, 4.69) is 15.5 Å². The maximum absolute atomic E-state index is 11.7. The number of aromatic nitrogens is 2. The number of halogens is 1. The predicted octanol–water partition coefficient (Wildman–Crippen LogP) is 5.39. The van der Waals surface area contributed by atoms with Gasteiger partial charge in [-0.05, 0) is 6.07 Å². The number of aromatic amines is 1. The number of nitrogens with one attached hydrogen (secondary N) is 2. The van der Waals surface area contributed by atoms with Crippen LogP contribution in [0.1, 0.15) is 16.7 Å². The molecule has 30 heavy (non-hydrogen) atoms. The molecule has 0 aliphatic carbocycles. The molecule has 146 valence electrons. The van der Waals surface area contributed by atoms with Crippen LogP contribution in [0.5, 0.6) is 0 Å². The summed E-state index contributed by atoms with van der Waals surface area (Å²) >= 11 is 6.50. The van der Waals surface area contributed by atoms with Crippen LogP contribution in [0.25, 0.3) is 16.6 Å². The number of anilines is 1. The third-order valence-corrected chi connectivity index (χ3v) is 5.28. The molecule has 1 aliphatic rings. The average Bonchev–Trinajstić information content (AvgIpc) is 3.17. The van der Waals surface area contributed by atoms with Gasteiger partial charge in [0.15, 0.2) is 0 Å². The molecule has 1 aromatic heterocycles. The van der Waals surface area contributed by atoms with E-state index in [0.29, 0.717) is 44.1 Å². The van der Waals surface area contributed by atoms with Crippen LogP contribution in [0.4, 0.5) is 11.4 Å². The lowest BCUT2D eigenvalue weighted by molar-refractivity contribution is -0.383. The van der Waals surface area contributed by atoms with Gasteiger partial charge < -0.3 is 5.32 Å². The Labute approximate surface area is 175 Å². The van der Waals surface area contributed by atoms with Crippen LogP contribution >= 0.6 is 11.6 Å². The summed E-state index contributed by atoms with van der Waals surface area (Å²) in [5, 5.41) is 22.9. The van der Waals surface area contributed by atoms with Crippen molar-refractivity contribution in [2.75, 3.05) is 5.32 Å². The van der Waals surface area contributed by atoms with E-state index in [9.17, 15) is 10.1 Å². The molecule has 0 unspecified atom stereocenters. The summed E-state index contributed by atoms with van der Waals surface area (Å²) in [7, 11) is 0. The van der Waals surface area contributed by atoms with Crippen molar-refractivity contribution in [3.63, 3.8) is 0 Å². The van der Waals surface area contributed by atoms with Gasteiger partial charge in [0.2, 0.25) is 0 Å². The highest BCUT2D eigenvalue weighted by Crippen LogP contribution is 2.38. The molecule has 5 rings (SSSR count). The molecule has 1 aliphatic heterocycles. The summed E-state index contributed by atoms with van der Waals surface area (Å²) < 4.78 is 0. The minimum atomic E-state index is -0.429. The predicted molar refractivity (Wildman–Crippen MR) is 118 cm³/mol. The average molecular weight is 416 g/mol. The standard InChI is InChI=1S/C22H14ClN5O2/c23-17-9-5-4-8-14(17)21-15-10-19(28(29)30)22-16(11-25-27-22)20(15)24-12-18(26-21)13-6-2-1-3-7-13/h1-12,24H,(H,25,27). The Kier molecular flexibility index (Phi) is 4.30. The molecule has 0 saturated heterocycles. The highest BCUT2D eigenvalue weighted by molar-refractivity contribution is 6.36.